The largest absolute Gasteiger partial charge is 0.366 e. The third-order valence-corrected chi connectivity index (χ3v) is 5.18. The zero-order valence-electron chi connectivity index (χ0n) is 14.8. The van der Waals surface area contributed by atoms with Crippen LogP contribution in [0, 0.1) is 0 Å². The number of hydrogen-bond donors (Lipinski definition) is 2. The van der Waals surface area contributed by atoms with Gasteiger partial charge >= 0.3 is 0 Å². The lowest BCUT2D eigenvalue weighted by molar-refractivity contribution is 0.1000. The maximum Gasteiger partial charge on any atom is 0.248 e. The summed E-state index contributed by atoms with van der Waals surface area (Å²) < 4.78 is 13.7. The highest BCUT2D eigenvalue weighted by Crippen LogP contribution is 2.44. The molecule has 0 bridgehead atoms. The zero-order chi connectivity index (χ0) is 19.7. The molecule has 1 aromatic carbocycles. The Morgan fingerprint density at radius 1 is 1.18 bits per heavy atom. The first-order valence-corrected chi connectivity index (χ1v) is 9.12. The number of nitrogens with one attached hydrogen (secondary N) is 1. The molecule has 1 fully saturated rings. The average Bonchev–Trinajstić information content (AvgIpc) is 2.68. The third-order valence-electron chi connectivity index (χ3n) is 4.85. The van der Waals surface area contributed by atoms with Crippen LogP contribution >= 0.6 is 11.6 Å². The Balaban J connectivity index is 1.60. The fourth-order valence-electron chi connectivity index (χ4n) is 3.38. The van der Waals surface area contributed by atoms with Gasteiger partial charge < -0.3 is 11.1 Å². The second-order valence-corrected chi connectivity index (χ2v) is 7.20. The van der Waals surface area contributed by atoms with Crippen LogP contribution < -0.4 is 11.1 Å². The first kappa shape index (κ1) is 18.3. The molecule has 1 aliphatic carbocycles. The molecule has 0 aliphatic heterocycles. The van der Waals surface area contributed by atoms with Crippen molar-refractivity contribution in [2.45, 2.75) is 24.6 Å². The first-order valence-electron chi connectivity index (χ1n) is 8.74. The Kier molecular flexibility index (Phi) is 4.68. The van der Waals surface area contributed by atoms with Crippen molar-refractivity contribution in [2.75, 3.05) is 5.32 Å². The van der Waals surface area contributed by atoms with E-state index in [0.29, 0.717) is 40.5 Å². The second kappa shape index (κ2) is 7.16. The maximum atomic E-state index is 13.7. The number of hydrogen-bond acceptors (Lipinski definition) is 5. The van der Waals surface area contributed by atoms with E-state index in [9.17, 15) is 9.18 Å². The van der Waals surface area contributed by atoms with Gasteiger partial charge in [-0.15, -0.1) is 10.2 Å². The third kappa shape index (κ3) is 3.41. The van der Waals surface area contributed by atoms with Crippen molar-refractivity contribution in [1.29, 1.82) is 0 Å². The van der Waals surface area contributed by atoms with Crippen LogP contribution in [-0.4, -0.2) is 27.3 Å². The molecule has 1 amide bonds. The van der Waals surface area contributed by atoms with Gasteiger partial charge in [-0.3, -0.25) is 9.78 Å². The smallest absolute Gasteiger partial charge is 0.248 e. The molecule has 3 aromatic rings. The predicted octanol–water partition coefficient (Wildman–Crippen LogP) is 3.73. The molecule has 0 radical (unpaired) electrons. The van der Waals surface area contributed by atoms with Crippen LogP contribution in [0.25, 0.3) is 11.3 Å². The van der Waals surface area contributed by atoms with Gasteiger partial charge in [0.25, 0.3) is 0 Å². The van der Waals surface area contributed by atoms with Gasteiger partial charge in [0.05, 0.1) is 21.9 Å². The van der Waals surface area contributed by atoms with Gasteiger partial charge in [0.2, 0.25) is 5.91 Å². The van der Waals surface area contributed by atoms with E-state index in [0.717, 1.165) is 5.69 Å². The van der Waals surface area contributed by atoms with E-state index in [1.165, 1.54) is 0 Å². The van der Waals surface area contributed by atoms with Crippen LogP contribution in [0.5, 0.6) is 0 Å². The zero-order valence-corrected chi connectivity index (χ0v) is 15.5. The average molecular weight is 398 g/mol. The number of aromatic nitrogens is 3. The molecule has 2 aromatic heterocycles. The molecule has 0 spiro atoms. The highest BCUT2D eigenvalue weighted by atomic mass is 35.5. The molecule has 2 heterocycles. The SMILES string of the molecule is NC(=O)c1ccc(Cl)c(-c2ccc(NC3(c4ccccn4)CC(F)C3)nn2)c1. The van der Waals surface area contributed by atoms with Crippen LogP contribution in [0.2, 0.25) is 5.02 Å². The monoisotopic (exact) mass is 397 g/mol. The van der Waals surface area contributed by atoms with Gasteiger partial charge in [0, 0.05) is 30.2 Å². The van der Waals surface area contributed by atoms with Crippen molar-refractivity contribution < 1.29 is 9.18 Å². The standard InChI is InChI=1S/C20H17ClFN5O/c21-15-5-4-12(19(23)28)9-14(15)16-6-7-18(27-26-16)25-20(10-13(22)11-20)17-3-1-2-8-24-17/h1-9,13H,10-11H2,(H2,23,28)(H,25,27). The molecule has 6 nitrogen and oxygen atoms in total. The summed E-state index contributed by atoms with van der Waals surface area (Å²) in [5.74, 6) is -0.0456. The molecule has 142 valence electrons. The summed E-state index contributed by atoms with van der Waals surface area (Å²) >= 11 is 6.22. The minimum Gasteiger partial charge on any atom is -0.366 e. The summed E-state index contributed by atoms with van der Waals surface area (Å²) in [4.78, 5) is 15.8. The highest BCUT2D eigenvalue weighted by molar-refractivity contribution is 6.33. The number of nitrogens with two attached hydrogens (primary N) is 1. The molecular weight excluding hydrogens is 381 g/mol. The van der Waals surface area contributed by atoms with Crippen molar-refractivity contribution in [3.8, 4) is 11.3 Å². The molecule has 0 saturated heterocycles. The summed E-state index contributed by atoms with van der Waals surface area (Å²) in [6.07, 6.45) is 1.45. The van der Waals surface area contributed by atoms with Crippen molar-refractivity contribution in [3.63, 3.8) is 0 Å². The molecule has 0 unspecified atom stereocenters. The number of rotatable bonds is 5. The number of alkyl halides is 1. The lowest BCUT2D eigenvalue weighted by atomic mass is 9.72. The van der Waals surface area contributed by atoms with Crippen molar-refractivity contribution in [2.24, 2.45) is 5.73 Å². The van der Waals surface area contributed by atoms with E-state index in [-0.39, 0.29) is 0 Å². The Morgan fingerprint density at radius 2 is 2.00 bits per heavy atom. The first-order chi connectivity index (χ1) is 13.5. The number of primary amides is 1. The second-order valence-electron chi connectivity index (χ2n) is 6.79. The van der Waals surface area contributed by atoms with Gasteiger partial charge in [0.1, 0.15) is 12.0 Å². The molecular formula is C20H17ClFN5O. The van der Waals surface area contributed by atoms with E-state index in [1.54, 1.807) is 36.5 Å². The van der Waals surface area contributed by atoms with Crippen LogP contribution in [-0.2, 0) is 5.54 Å². The lowest BCUT2D eigenvalue weighted by Gasteiger charge is -2.44. The van der Waals surface area contributed by atoms with Crippen LogP contribution in [0.4, 0.5) is 10.2 Å². The van der Waals surface area contributed by atoms with Gasteiger partial charge in [-0.25, -0.2) is 4.39 Å². The Bertz CT molecular complexity index is 1010. The number of carbonyl (C=O) groups is 1. The highest BCUT2D eigenvalue weighted by Gasteiger charge is 2.47. The van der Waals surface area contributed by atoms with Gasteiger partial charge in [0.15, 0.2) is 0 Å². The Hall–Kier alpha value is -3.06. The molecule has 0 atom stereocenters. The Morgan fingerprint density at radius 3 is 2.61 bits per heavy atom. The van der Waals surface area contributed by atoms with E-state index < -0.39 is 17.6 Å². The summed E-state index contributed by atoms with van der Waals surface area (Å²) in [5.41, 5.74) is 6.90. The minimum atomic E-state index is -0.878. The summed E-state index contributed by atoms with van der Waals surface area (Å²) in [7, 11) is 0. The number of halogens is 2. The fourth-order valence-corrected chi connectivity index (χ4v) is 3.59. The van der Waals surface area contributed by atoms with Gasteiger partial charge in [-0.05, 0) is 42.5 Å². The number of anilines is 1. The van der Waals surface area contributed by atoms with Gasteiger partial charge in [-0.2, -0.15) is 0 Å². The quantitative estimate of drug-likeness (QED) is 0.684. The molecule has 1 aliphatic rings. The molecule has 1 saturated carbocycles. The molecule has 8 heteroatoms. The van der Waals surface area contributed by atoms with Crippen molar-refractivity contribution in [1.82, 2.24) is 15.2 Å². The van der Waals surface area contributed by atoms with Crippen molar-refractivity contribution >= 4 is 23.3 Å². The summed E-state index contributed by atoms with van der Waals surface area (Å²) in [5, 5.41) is 12.1. The van der Waals surface area contributed by atoms with E-state index in [1.807, 2.05) is 18.2 Å². The predicted molar refractivity (Wildman–Crippen MR) is 105 cm³/mol. The number of pyridine rings is 1. The minimum absolute atomic E-state index is 0.319. The van der Waals surface area contributed by atoms with E-state index in [4.69, 9.17) is 17.3 Å². The number of nitrogens with zero attached hydrogens (tertiary/aromatic N) is 3. The maximum absolute atomic E-state index is 13.7. The topological polar surface area (TPSA) is 93.8 Å². The molecule has 28 heavy (non-hydrogen) atoms. The number of carbonyl (C=O) groups excluding carboxylic acids is 1. The summed E-state index contributed by atoms with van der Waals surface area (Å²) in [6.45, 7) is 0. The fraction of sp³-hybridized carbons (Fsp3) is 0.200. The lowest BCUT2D eigenvalue weighted by Crippen LogP contribution is -2.49. The Labute approximate surface area is 166 Å². The summed E-state index contributed by atoms with van der Waals surface area (Å²) in [6, 6.07) is 13.8. The van der Waals surface area contributed by atoms with Crippen LogP contribution in [0.3, 0.4) is 0 Å². The van der Waals surface area contributed by atoms with Crippen molar-refractivity contribution in [3.05, 3.63) is 71.0 Å². The normalized spacial score (nSPS) is 21.0. The molecule has 4 rings (SSSR count). The molecule has 3 N–H and O–H groups in total. The van der Waals surface area contributed by atoms with Crippen LogP contribution in [0.15, 0.2) is 54.7 Å². The number of benzene rings is 1. The van der Waals surface area contributed by atoms with E-state index in [2.05, 4.69) is 20.5 Å². The van der Waals surface area contributed by atoms with E-state index >= 15 is 0 Å². The van der Waals surface area contributed by atoms with Gasteiger partial charge in [-0.1, -0.05) is 17.7 Å². The van der Waals surface area contributed by atoms with Crippen LogP contribution in [0.1, 0.15) is 28.9 Å². The number of amides is 1.